The smallest absolute Gasteiger partial charge is 0.287 e. The molecule has 1 aromatic carbocycles. The predicted octanol–water partition coefficient (Wildman–Crippen LogP) is 2.66. The molecule has 0 unspecified atom stereocenters. The Morgan fingerprint density at radius 1 is 1.40 bits per heavy atom. The van der Waals surface area contributed by atoms with Crippen molar-refractivity contribution in [1.82, 2.24) is 0 Å². The number of rotatable bonds is 4. The van der Waals surface area contributed by atoms with Crippen LogP contribution in [0.25, 0.3) is 0 Å². The van der Waals surface area contributed by atoms with Crippen LogP contribution in [-0.4, -0.2) is 5.97 Å². The molecule has 0 aliphatic rings. The highest BCUT2D eigenvalue weighted by atomic mass is 17.2. The van der Waals surface area contributed by atoms with E-state index >= 15 is 0 Å². The largest absolute Gasteiger partial charge is 0.352 e. The summed E-state index contributed by atoms with van der Waals surface area (Å²) in [4.78, 5) is 20.0. The average Bonchev–Trinajstić information content (AvgIpc) is 2.24. The first-order valence-electron chi connectivity index (χ1n) is 4.78. The van der Waals surface area contributed by atoms with E-state index in [-0.39, 0.29) is 0 Å². The van der Waals surface area contributed by atoms with Crippen molar-refractivity contribution < 1.29 is 14.6 Å². The molecule has 0 aromatic heterocycles. The van der Waals surface area contributed by atoms with Crippen LogP contribution in [-0.2, 0) is 16.1 Å². The van der Waals surface area contributed by atoms with Gasteiger partial charge in [0.25, 0.3) is 0 Å². The maximum absolute atomic E-state index is 10.6. The molecular weight excluding hydrogens is 192 g/mol. The second-order valence-electron chi connectivity index (χ2n) is 3.04. The molecule has 0 amide bonds. The summed E-state index contributed by atoms with van der Waals surface area (Å²) >= 11 is 0. The van der Waals surface area contributed by atoms with Gasteiger partial charge in [-0.15, -0.1) is 0 Å². The number of benzene rings is 1. The lowest BCUT2D eigenvalue weighted by atomic mass is 10.1. The Labute approximate surface area is 89.2 Å². The Bertz CT molecular complexity index is 356. The van der Waals surface area contributed by atoms with E-state index in [9.17, 15) is 4.79 Å². The molecule has 0 bridgehead atoms. The van der Waals surface area contributed by atoms with Gasteiger partial charge in [0, 0.05) is 12.5 Å². The fraction of sp³-hybridized carbons (Fsp3) is 0.250. The van der Waals surface area contributed by atoms with Gasteiger partial charge in [0.15, 0.2) is 5.75 Å². The molecule has 3 nitrogen and oxygen atoms in total. The second kappa shape index (κ2) is 5.86. The maximum atomic E-state index is 10.6. The Morgan fingerprint density at radius 3 is 2.80 bits per heavy atom. The van der Waals surface area contributed by atoms with Gasteiger partial charge < -0.3 is 0 Å². The van der Waals surface area contributed by atoms with Crippen LogP contribution in [0.15, 0.2) is 36.4 Å². The van der Waals surface area contributed by atoms with Crippen molar-refractivity contribution in [3.63, 3.8) is 0 Å². The van der Waals surface area contributed by atoms with Gasteiger partial charge in [-0.25, -0.2) is 4.79 Å². The lowest BCUT2D eigenvalue weighted by Gasteiger charge is -2.06. The zero-order valence-electron chi connectivity index (χ0n) is 8.90. The van der Waals surface area contributed by atoms with Gasteiger partial charge in [0.2, 0.25) is 0 Å². The van der Waals surface area contributed by atoms with E-state index in [0.717, 1.165) is 12.0 Å². The molecule has 1 rings (SSSR count). The summed E-state index contributed by atoms with van der Waals surface area (Å²) in [7, 11) is 0. The first kappa shape index (κ1) is 11.3. The highest BCUT2D eigenvalue weighted by Gasteiger charge is 2.03. The third-order valence-corrected chi connectivity index (χ3v) is 1.79. The molecular formula is C12H14O3. The average molecular weight is 206 g/mol. The van der Waals surface area contributed by atoms with Gasteiger partial charge in [0.1, 0.15) is 0 Å². The lowest BCUT2D eigenvalue weighted by molar-refractivity contribution is -0.211. The van der Waals surface area contributed by atoms with Crippen molar-refractivity contribution in [3.05, 3.63) is 42.0 Å². The molecule has 0 saturated carbocycles. The summed E-state index contributed by atoms with van der Waals surface area (Å²) in [5.41, 5.74) is 0.983. The third kappa shape index (κ3) is 3.85. The molecule has 3 heteroatoms. The van der Waals surface area contributed by atoms with E-state index in [0.29, 0.717) is 5.75 Å². The van der Waals surface area contributed by atoms with Gasteiger partial charge in [-0.1, -0.05) is 30.4 Å². The molecule has 15 heavy (non-hydrogen) atoms. The van der Waals surface area contributed by atoms with E-state index in [1.807, 2.05) is 37.3 Å². The van der Waals surface area contributed by atoms with Crippen LogP contribution in [0, 0.1) is 0 Å². The number of hydrogen-bond donors (Lipinski definition) is 0. The Morgan fingerprint density at radius 2 is 2.13 bits per heavy atom. The van der Waals surface area contributed by atoms with Crippen molar-refractivity contribution in [3.8, 4) is 5.75 Å². The number of allylic oxidation sites excluding steroid dienone is 2. The molecule has 0 fully saturated rings. The summed E-state index contributed by atoms with van der Waals surface area (Å²) in [6.45, 7) is 3.25. The Balaban J connectivity index is 2.72. The first-order chi connectivity index (χ1) is 7.24. The van der Waals surface area contributed by atoms with Gasteiger partial charge >= 0.3 is 5.97 Å². The predicted molar refractivity (Wildman–Crippen MR) is 57.4 cm³/mol. The fourth-order valence-corrected chi connectivity index (χ4v) is 1.10. The summed E-state index contributed by atoms with van der Waals surface area (Å²) < 4.78 is 0. The topological polar surface area (TPSA) is 35.5 Å². The molecule has 0 atom stereocenters. The van der Waals surface area contributed by atoms with Crippen LogP contribution in [0.2, 0.25) is 0 Å². The molecule has 1 aromatic rings. The highest BCUT2D eigenvalue weighted by molar-refractivity contribution is 5.65. The molecule has 0 radical (unpaired) electrons. The van der Waals surface area contributed by atoms with Crippen molar-refractivity contribution >= 4 is 5.97 Å². The van der Waals surface area contributed by atoms with Crippen molar-refractivity contribution in [1.29, 1.82) is 0 Å². The summed E-state index contributed by atoms with van der Waals surface area (Å²) in [5.74, 6) is 0.113. The lowest BCUT2D eigenvalue weighted by Crippen LogP contribution is -2.04. The van der Waals surface area contributed by atoms with Gasteiger partial charge in [-0.2, -0.15) is 0 Å². The van der Waals surface area contributed by atoms with E-state index in [1.165, 1.54) is 6.92 Å². The van der Waals surface area contributed by atoms with Crippen molar-refractivity contribution in [2.75, 3.05) is 0 Å². The minimum atomic E-state index is -0.462. The van der Waals surface area contributed by atoms with Crippen molar-refractivity contribution in [2.24, 2.45) is 0 Å². The SMILES string of the molecule is CC=CCc1ccccc1OOC(C)=O. The third-order valence-electron chi connectivity index (χ3n) is 1.79. The maximum Gasteiger partial charge on any atom is 0.352 e. The summed E-state index contributed by atoms with van der Waals surface area (Å²) in [6, 6.07) is 7.44. The summed E-state index contributed by atoms with van der Waals surface area (Å²) in [5, 5.41) is 0. The monoisotopic (exact) mass is 206 g/mol. The quantitative estimate of drug-likeness (QED) is 0.431. The zero-order chi connectivity index (χ0) is 11.1. The molecule has 0 aliphatic carbocycles. The highest BCUT2D eigenvalue weighted by Crippen LogP contribution is 2.19. The van der Waals surface area contributed by atoms with Crippen LogP contribution in [0.1, 0.15) is 19.4 Å². The Hall–Kier alpha value is -1.77. The van der Waals surface area contributed by atoms with E-state index in [1.54, 1.807) is 6.07 Å². The van der Waals surface area contributed by atoms with Crippen LogP contribution in [0.4, 0.5) is 0 Å². The minimum absolute atomic E-state index is 0.462. The van der Waals surface area contributed by atoms with Gasteiger partial charge in [-0.3, -0.25) is 9.78 Å². The normalized spacial score (nSPS) is 10.3. The molecule has 0 N–H and O–H groups in total. The van der Waals surface area contributed by atoms with Crippen LogP contribution in [0.3, 0.4) is 0 Å². The molecule has 0 spiro atoms. The number of hydrogen-bond acceptors (Lipinski definition) is 3. The minimum Gasteiger partial charge on any atom is -0.287 e. The van der Waals surface area contributed by atoms with Crippen LogP contribution < -0.4 is 4.89 Å². The zero-order valence-corrected chi connectivity index (χ0v) is 8.90. The number of carbonyl (C=O) groups excluding carboxylic acids is 1. The van der Waals surface area contributed by atoms with Gasteiger partial charge in [0.05, 0.1) is 0 Å². The molecule has 0 aliphatic heterocycles. The van der Waals surface area contributed by atoms with E-state index < -0.39 is 5.97 Å². The summed E-state index contributed by atoms with van der Waals surface area (Å²) in [6.07, 6.45) is 4.73. The van der Waals surface area contributed by atoms with Crippen LogP contribution in [0.5, 0.6) is 5.75 Å². The van der Waals surface area contributed by atoms with E-state index in [4.69, 9.17) is 4.89 Å². The number of para-hydroxylation sites is 1. The Kier molecular flexibility index (Phi) is 4.41. The first-order valence-corrected chi connectivity index (χ1v) is 4.78. The standard InChI is InChI=1S/C12H14O3/c1-3-4-7-11-8-5-6-9-12(11)15-14-10(2)13/h3-6,8-9H,7H2,1-2H3. The molecule has 0 heterocycles. The fourth-order valence-electron chi connectivity index (χ4n) is 1.10. The van der Waals surface area contributed by atoms with Crippen molar-refractivity contribution in [2.45, 2.75) is 20.3 Å². The van der Waals surface area contributed by atoms with E-state index in [2.05, 4.69) is 4.89 Å². The molecule has 80 valence electrons. The molecule has 0 saturated heterocycles. The number of carbonyl (C=O) groups is 1. The van der Waals surface area contributed by atoms with Gasteiger partial charge in [-0.05, 0) is 19.4 Å². The second-order valence-corrected chi connectivity index (χ2v) is 3.04. The van der Waals surface area contributed by atoms with Crippen LogP contribution >= 0.6 is 0 Å².